The zero-order chi connectivity index (χ0) is 17.9. The highest BCUT2D eigenvalue weighted by atomic mass is 16.5. The summed E-state index contributed by atoms with van der Waals surface area (Å²) in [6, 6.07) is 1.54. The van der Waals surface area contributed by atoms with E-state index in [4.69, 9.17) is 14.2 Å². The van der Waals surface area contributed by atoms with Crippen LogP contribution in [0, 0.1) is 5.92 Å². The monoisotopic (exact) mass is 338 g/mol. The van der Waals surface area contributed by atoms with Gasteiger partial charge in [-0.3, -0.25) is 0 Å². The van der Waals surface area contributed by atoms with E-state index in [9.17, 15) is 9.90 Å². The summed E-state index contributed by atoms with van der Waals surface area (Å²) >= 11 is 0. The number of methoxy groups -OCH3 is 3. The number of nitrogens with zero attached hydrogens (tertiary/aromatic N) is 2. The van der Waals surface area contributed by atoms with Gasteiger partial charge in [0.15, 0.2) is 0 Å². The number of ether oxygens (including phenoxy) is 3. The second-order valence-corrected chi connectivity index (χ2v) is 6.32. The minimum absolute atomic E-state index is 0.141. The molecule has 24 heavy (non-hydrogen) atoms. The Morgan fingerprint density at radius 3 is 2.54 bits per heavy atom. The highest BCUT2D eigenvalue weighted by Crippen LogP contribution is 2.44. The molecule has 1 heterocycles. The van der Waals surface area contributed by atoms with Crippen LogP contribution < -0.4 is 9.47 Å². The van der Waals surface area contributed by atoms with Gasteiger partial charge in [0, 0.05) is 24.1 Å². The van der Waals surface area contributed by atoms with Crippen molar-refractivity contribution in [1.82, 2.24) is 9.88 Å². The van der Waals surface area contributed by atoms with Gasteiger partial charge in [-0.05, 0) is 32.9 Å². The topological polar surface area (TPSA) is 81.1 Å². The maximum Gasteiger partial charge on any atom is 0.338 e. The highest BCUT2D eigenvalue weighted by molar-refractivity contribution is 5.92. The predicted molar refractivity (Wildman–Crippen MR) is 88.7 cm³/mol. The zero-order valence-electron chi connectivity index (χ0n) is 14.9. The van der Waals surface area contributed by atoms with E-state index < -0.39 is 12.1 Å². The maximum atomic E-state index is 12.2. The lowest BCUT2D eigenvalue weighted by Crippen LogP contribution is -2.30. The summed E-state index contributed by atoms with van der Waals surface area (Å²) in [5, 5.41) is 10.8. The molecule has 1 saturated carbocycles. The first-order valence-corrected chi connectivity index (χ1v) is 7.96. The molecule has 0 bridgehead atoms. The Morgan fingerprint density at radius 1 is 1.29 bits per heavy atom. The smallest absolute Gasteiger partial charge is 0.338 e. The molecule has 7 heteroatoms. The third-order valence-corrected chi connectivity index (χ3v) is 4.52. The van der Waals surface area contributed by atoms with Gasteiger partial charge in [-0.2, -0.15) is 4.98 Å². The standard InChI is InChI=1S/C17H26N2O5/c1-19(2)9-10-6-7-11(15(10)20)14-12(17(21)24-5)8-13(22-3)18-16(14)23-4/h8,10-11,15,20H,6-7,9H2,1-5H3/t10-,11?,15+/m1/s1. The molecule has 1 aromatic heterocycles. The Balaban J connectivity index is 2.46. The van der Waals surface area contributed by atoms with E-state index in [0.717, 1.165) is 19.4 Å². The number of aliphatic hydroxyl groups is 1. The Hall–Kier alpha value is -1.86. The molecule has 0 aliphatic heterocycles. The molecule has 2 rings (SSSR count). The Morgan fingerprint density at radius 2 is 2.00 bits per heavy atom. The summed E-state index contributed by atoms with van der Waals surface area (Å²) < 4.78 is 15.4. The summed E-state index contributed by atoms with van der Waals surface area (Å²) in [5.41, 5.74) is 0.926. The van der Waals surface area contributed by atoms with E-state index in [1.807, 2.05) is 14.1 Å². The molecule has 1 N–H and O–H groups in total. The lowest BCUT2D eigenvalue weighted by molar-refractivity contribution is 0.0593. The van der Waals surface area contributed by atoms with Gasteiger partial charge >= 0.3 is 5.97 Å². The molecule has 0 radical (unpaired) electrons. The molecule has 0 amide bonds. The number of carbonyl (C=O) groups is 1. The SMILES string of the molecule is COC(=O)c1cc(OC)nc(OC)c1C1CC[C@H](CN(C)C)[C@@H]1O. The van der Waals surface area contributed by atoms with Gasteiger partial charge in [0.25, 0.3) is 0 Å². The lowest BCUT2D eigenvalue weighted by Gasteiger charge is -2.24. The molecule has 1 fully saturated rings. The van der Waals surface area contributed by atoms with Crippen LogP contribution in [0.15, 0.2) is 6.07 Å². The number of aromatic nitrogens is 1. The number of hydrogen-bond donors (Lipinski definition) is 1. The van der Waals surface area contributed by atoms with Gasteiger partial charge in [0.2, 0.25) is 11.8 Å². The Bertz CT molecular complexity index is 591. The molecule has 3 atom stereocenters. The van der Waals surface area contributed by atoms with Crippen LogP contribution in [-0.4, -0.2) is 69.0 Å². The van der Waals surface area contributed by atoms with Crippen LogP contribution in [0.1, 0.15) is 34.7 Å². The molecule has 1 aliphatic carbocycles. The van der Waals surface area contributed by atoms with Crippen LogP contribution >= 0.6 is 0 Å². The van der Waals surface area contributed by atoms with E-state index in [0.29, 0.717) is 17.0 Å². The molecule has 0 saturated heterocycles. The minimum Gasteiger partial charge on any atom is -0.481 e. The van der Waals surface area contributed by atoms with Crippen molar-refractivity contribution in [3.63, 3.8) is 0 Å². The summed E-state index contributed by atoms with van der Waals surface area (Å²) in [6.07, 6.45) is 1.06. The second kappa shape index (κ2) is 7.81. The van der Waals surface area contributed by atoms with Crippen molar-refractivity contribution >= 4 is 5.97 Å². The van der Waals surface area contributed by atoms with Crippen LogP contribution in [-0.2, 0) is 4.74 Å². The number of rotatable bonds is 6. The summed E-state index contributed by atoms with van der Waals surface area (Å²) in [5.74, 6) is -0.00963. The fourth-order valence-corrected chi connectivity index (χ4v) is 3.45. The van der Waals surface area contributed by atoms with E-state index in [-0.39, 0.29) is 17.7 Å². The van der Waals surface area contributed by atoms with Crippen molar-refractivity contribution in [2.75, 3.05) is 42.0 Å². The van der Waals surface area contributed by atoms with Crippen molar-refractivity contribution in [2.45, 2.75) is 24.9 Å². The second-order valence-electron chi connectivity index (χ2n) is 6.32. The predicted octanol–water partition coefficient (Wildman–Crippen LogP) is 1.30. The van der Waals surface area contributed by atoms with E-state index in [1.54, 1.807) is 0 Å². The van der Waals surface area contributed by atoms with Crippen LogP contribution in [0.3, 0.4) is 0 Å². The van der Waals surface area contributed by atoms with E-state index in [1.165, 1.54) is 27.4 Å². The van der Waals surface area contributed by atoms with Crippen LogP contribution in [0.4, 0.5) is 0 Å². The molecule has 134 valence electrons. The van der Waals surface area contributed by atoms with Crippen molar-refractivity contribution in [3.05, 3.63) is 17.2 Å². The molecule has 1 aromatic rings. The van der Waals surface area contributed by atoms with Gasteiger partial charge in [-0.15, -0.1) is 0 Å². The van der Waals surface area contributed by atoms with Gasteiger partial charge in [0.1, 0.15) is 0 Å². The normalized spacial score (nSPS) is 23.4. The average Bonchev–Trinajstić information content (AvgIpc) is 2.92. The molecule has 7 nitrogen and oxygen atoms in total. The van der Waals surface area contributed by atoms with Crippen LogP contribution in [0.5, 0.6) is 11.8 Å². The fraction of sp³-hybridized carbons (Fsp3) is 0.647. The summed E-state index contributed by atoms with van der Waals surface area (Å²) in [4.78, 5) is 18.6. The third-order valence-electron chi connectivity index (χ3n) is 4.52. The number of aliphatic hydroxyl groups excluding tert-OH is 1. The highest BCUT2D eigenvalue weighted by Gasteiger charge is 2.40. The zero-order valence-corrected chi connectivity index (χ0v) is 14.9. The van der Waals surface area contributed by atoms with Crippen LogP contribution in [0.25, 0.3) is 0 Å². The summed E-state index contributed by atoms with van der Waals surface area (Å²) in [7, 11) is 8.25. The maximum absolute atomic E-state index is 12.2. The lowest BCUT2D eigenvalue weighted by atomic mass is 9.90. The van der Waals surface area contributed by atoms with Gasteiger partial charge in [-0.1, -0.05) is 0 Å². The van der Waals surface area contributed by atoms with Crippen molar-refractivity contribution in [1.29, 1.82) is 0 Å². The fourth-order valence-electron chi connectivity index (χ4n) is 3.45. The van der Waals surface area contributed by atoms with Gasteiger partial charge < -0.3 is 24.2 Å². The molecule has 0 spiro atoms. The van der Waals surface area contributed by atoms with E-state index in [2.05, 4.69) is 9.88 Å². The Kier molecular flexibility index (Phi) is 6.01. The van der Waals surface area contributed by atoms with E-state index >= 15 is 0 Å². The van der Waals surface area contributed by atoms with Crippen molar-refractivity contribution in [3.8, 4) is 11.8 Å². The first-order valence-electron chi connectivity index (χ1n) is 7.96. The van der Waals surface area contributed by atoms with Crippen LogP contribution in [0.2, 0.25) is 0 Å². The third kappa shape index (κ3) is 3.62. The first kappa shape index (κ1) is 18.5. The average molecular weight is 338 g/mol. The quantitative estimate of drug-likeness (QED) is 0.783. The number of esters is 1. The molecular formula is C17H26N2O5. The molecule has 1 aliphatic rings. The largest absolute Gasteiger partial charge is 0.481 e. The number of hydrogen-bond acceptors (Lipinski definition) is 7. The Labute approximate surface area is 142 Å². The van der Waals surface area contributed by atoms with Gasteiger partial charge in [-0.25, -0.2) is 4.79 Å². The molecular weight excluding hydrogens is 312 g/mol. The van der Waals surface area contributed by atoms with Gasteiger partial charge in [0.05, 0.1) is 33.0 Å². The minimum atomic E-state index is -0.570. The summed E-state index contributed by atoms with van der Waals surface area (Å²) in [6.45, 7) is 0.789. The van der Waals surface area contributed by atoms with Crippen molar-refractivity contribution in [2.24, 2.45) is 5.92 Å². The first-order chi connectivity index (χ1) is 11.4. The number of carbonyl (C=O) groups excluding carboxylic acids is 1. The van der Waals surface area contributed by atoms with Crippen molar-refractivity contribution < 1.29 is 24.1 Å². The number of pyridine rings is 1. The molecule has 0 aromatic carbocycles. The molecule has 1 unspecified atom stereocenters.